The third kappa shape index (κ3) is 10.6. The van der Waals surface area contributed by atoms with Crippen LogP contribution < -0.4 is 5.69 Å². The number of phenols is 1. The summed E-state index contributed by atoms with van der Waals surface area (Å²) in [5.74, 6) is 1.03. The lowest BCUT2D eigenvalue weighted by atomic mass is 10.0. The number of likely N-dealkylation sites (N-methyl/N-ethyl adjacent to an activating group) is 1. The van der Waals surface area contributed by atoms with Gasteiger partial charge in [0.05, 0.1) is 6.04 Å². The second kappa shape index (κ2) is 18.0. The number of nitrogens with zero attached hydrogens (tertiary/aromatic N) is 5. The zero-order valence-electron chi connectivity index (χ0n) is 28.8. The Labute approximate surface area is 280 Å². The smallest absolute Gasteiger partial charge is 0.343 e. The molecule has 0 saturated carbocycles. The Bertz CT molecular complexity index is 1440. The zero-order valence-corrected chi connectivity index (χ0v) is 28.8. The van der Waals surface area contributed by atoms with Gasteiger partial charge in [0.25, 0.3) is 0 Å². The van der Waals surface area contributed by atoms with E-state index in [1.54, 1.807) is 4.68 Å². The molecule has 3 fully saturated rings. The molecule has 6 rings (SSSR count). The van der Waals surface area contributed by atoms with Crippen molar-refractivity contribution in [2.45, 2.75) is 71.4 Å². The fourth-order valence-electron chi connectivity index (χ4n) is 6.53. The van der Waals surface area contributed by atoms with E-state index in [-0.39, 0.29) is 11.7 Å². The average Bonchev–Trinajstić information content (AvgIpc) is 3.49. The summed E-state index contributed by atoms with van der Waals surface area (Å²) in [7, 11) is 2.21. The van der Waals surface area contributed by atoms with Gasteiger partial charge in [-0.3, -0.25) is 9.88 Å². The Morgan fingerprint density at radius 2 is 1.57 bits per heavy atom. The quantitative estimate of drug-likeness (QED) is 0.342. The molecule has 0 amide bonds. The Hall–Kier alpha value is -3.73. The third-order valence-electron chi connectivity index (χ3n) is 9.38. The van der Waals surface area contributed by atoms with Crippen LogP contribution in [0.5, 0.6) is 5.75 Å². The van der Waals surface area contributed by atoms with E-state index in [0.29, 0.717) is 24.4 Å². The number of hydrogen-bond acceptors (Lipinski definition) is 8. The zero-order chi connectivity index (χ0) is 33.8. The van der Waals surface area contributed by atoms with Gasteiger partial charge >= 0.3 is 5.69 Å². The van der Waals surface area contributed by atoms with Gasteiger partial charge in [-0.25, -0.2) is 9.48 Å². The standard InChI is InChI=1S/C18H22N4O2.C10H20N2O.C9H12O/c1-14(6-5-13-23)21-11-9-16(10-12-21)22-18(24)19-17(20-22)15-7-3-2-4-8-15;1-11-4-6-12(7-5-11)10-2-8-13-9-3-10;1-6-4-7(2)9(10)8(3)5-6/h2-4,7-8,13,16H,1,5-6,9-12H2,(H,19,20,24);10H,2-9H2,1H3;4-5,10H,1-3H3. The third-order valence-corrected chi connectivity index (χ3v) is 9.38. The van der Waals surface area contributed by atoms with Crippen LogP contribution in [0.3, 0.4) is 0 Å². The van der Waals surface area contributed by atoms with Gasteiger partial charge in [-0.2, -0.15) is 0 Å². The summed E-state index contributed by atoms with van der Waals surface area (Å²) in [6.45, 7) is 18.5. The van der Waals surface area contributed by atoms with E-state index in [9.17, 15) is 14.7 Å². The van der Waals surface area contributed by atoms with Crippen molar-refractivity contribution in [2.75, 3.05) is 59.5 Å². The number of hydrogen-bond donors (Lipinski definition) is 2. The summed E-state index contributed by atoms with van der Waals surface area (Å²) in [6.07, 6.45) is 6.31. The number of rotatable bonds is 7. The van der Waals surface area contributed by atoms with Crippen LogP contribution in [0.25, 0.3) is 11.4 Å². The van der Waals surface area contributed by atoms with Gasteiger partial charge in [0.15, 0.2) is 5.82 Å². The number of aromatic nitrogens is 3. The largest absolute Gasteiger partial charge is 0.507 e. The molecule has 2 aromatic carbocycles. The maximum absolute atomic E-state index is 12.2. The molecule has 4 heterocycles. The molecule has 3 saturated heterocycles. The van der Waals surface area contributed by atoms with Crippen molar-refractivity contribution in [1.29, 1.82) is 0 Å². The van der Waals surface area contributed by atoms with Crippen LogP contribution in [0.1, 0.15) is 61.3 Å². The first-order valence-electron chi connectivity index (χ1n) is 17.0. The van der Waals surface area contributed by atoms with Gasteiger partial charge in [0.1, 0.15) is 12.0 Å². The molecular formula is C37H54N6O4. The number of carbonyl (C=O) groups is 1. The van der Waals surface area contributed by atoms with Crippen LogP contribution in [0, 0.1) is 20.8 Å². The first-order chi connectivity index (χ1) is 22.7. The van der Waals surface area contributed by atoms with E-state index in [2.05, 4.69) is 38.4 Å². The fraction of sp³-hybridized carbons (Fsp3) is 0.541. The molecule has 10 nitrogen and oxygen atoms in total. The lowest BCUT2D eigenvalue weighted by Crippen LogP contribution is -2.50. The van der Waals surface area contributed by atoms with E-state index >= 15 is 0 Å². The molecule has 0 spiro atoms. The number of aryl methyl sites for hydroxylation is 3. The number of benzene rings is 2. The number of nitrogens with one attached hydrogen (secondary N) is 1. The molecule has 3 aliphatic heterocycles. The summed E-state index contributed by atoms with van der Waals surface area (Å²) in [4.78, 5) is 32.8. The Morgan fingerprint density at radius 1 is 0.957 bits per heavy atom. The first-order valence-corrected chi connectivity index (χ1v) is 17.0. The lowest BCUT2D eigenvalue weighted by molar-refractivity contribution is -0.107. The molecule has 3 aliphatic rings. The molecule has 0 atom stereocenters. The van der Waals surface area contributed by atoms with Crippen molar-refractivity contribution in [3.05, 3.63) is 81.9 Å². The number of aromatic hydroxyl groups is 1. The fourth-order valence-corrected chi connectivity index (χ4v) is 6.53. The van der Waals surface area contributed by atoms with E-state index in [1.165, 1.54) is 44.6 Å². The number of phenolic OH excluding ortho intramolecular Hbond substituents is 1. The molecule has 0 bridgehead atoms. The molecule has 1 aromatic heterocycles. The average molecular weight is 647 g/mol. The Morgan fingerprint density at radius 3 is 2.17 bits per heavy atom. The number of likely N-dealkylation sites (tertiary alicyclic amines) is 1. The highest BCUT2D eigenvalue weighted by atomic mass is 16.5. The summed E-state index contributed by atoms with van der Waals surface area (Å²) in [5, 5.41) is 13.8. The van der Waals surface area contributed by atoms with Gasteiger partial charge in [0, 0.05) is 76.2 Å². The predicted molar refractivity (Wildman–Crippen MR) is 188 cm³/mol. The molecule has 256 valence electrons. The van der Waals surface area contributed by atoms with E-state index < -0.39 is 0 Å². The van der Waals surface area contributed by atoms with Gasteiger partial charge in [-0.15, -0.1) is 5.10 Å². The summed E-state index contributed by atoms with van der Waals surface area (Å²) >= 11 is 0. The van der Waals surface area contributed by atoms with Crippen molar-refractivity contribution < 1.29 is 14.6 Å². The number of H-pyrrole nitrogens is 1. The monoisotopic (exact) mass is 646 g/mol. The van der Waals surface area contributed by atoms with Gasteiger partial charge < -0.3 is 24.4 Å². The van der Waals surface area contributed by atoms with Crippen LogP contribution in [-0.2, 0) is 9.53 Å². The van der Waals surface area contributed by atoms with Gasteiger partial charge in [-0.05, 0) is 71.0 Å². The first kappa shape index (κ1) is 36.1. The molecule has 0 aliphatic carbocycles. The normalized spacial score (nSPS) is 18.1. The minimum Gasteiger partial charge on any atom is -0.507 e. The topological polar surface area (TPSA) is 107 Å². The predicted octanol–water partition coefficient (Wildman–Crippen LogP) is 5.10. The summed E-state index contributed by atoms with van der Waals surface area (Å²) in [5.41, 5.74) is 4.86. The molecular weight excluding hydrogens is 592 g/mol. The molecule has 10 heteroatoms. The minimum atomic E-state index is -0.160. The SMILES string of the molecule is C=C(CCC=O)N1CCC(n2nc(-c3ccccc3)[nH]c2=O)CC1.CN1CCN(C2CCOCC2)CC1.Cc1cc(C)c(O)c(C)c1. The van der Waals surface area contributed by atoms with E-state index in [0.717, 1.165) is 73.9 Å². The van der Waals surface area contributed by atoms with Crippen molar-refractivity contribution in [3.8, 4) is 17.1 Å². The number of piperazine rings is 1. The number of carbonyl (C=O) groups excluding carboxylic acids is 1. The second-order valence-corrected chi connectivity index (χ2v) is 13.0. The number of aromatic amines is 1. The number of aldehydes is 1. The Kier molecular flexibility index (Phi) is 13.8. The highest BCUT2D eigenvalue weighted by molar-refractivity contribution is 5.53. The van der Waals surface area contributed by atoms with Crippen molar-refractivity contribution >= 4 is 6.29 Å². The number of allylic oxidation sites excluding steroid dienone is 1. The number of piperidine rings is 1. The molecule has 47 heavy (non-hydrogen) atoms. The molecule has 3 aromatic rings. The molecule has 0 radical (unpaired) electrons. The molecule has 0 unspecified atom stereocenters. The maximum atomic E-state index is 12.2. The number of ether oxygens (including phenoxy) is 1. The highest BCUT2D eigenvalue weighted by Crippen LogP contribution is 2.25. The van der Waals surface area contributed by atoms with Crippen molar-refractivity contribution in [3.63, 3.8) is 0 Å². The van der Waals surface area contributed by atoms with Crippen LogP contribution in [-0.4, -0.2) is 106 Å². The van der Waals surface area contributed by atoms with Crippen molar-refractivity contribution in [1.82, 2.24) is 29.5 Å². The lowest BCUT2D eigenvalue weighted by Gasteiger charge is -2.39. The van der Waals surface area contributed by atoms with E-state index in [4.69, 9.17) is 4.74 Å². The minimum absolute atomic E-state index is 0.0985. The van der Waals surface area contributed by atoms with Crippen LogP contribution >= 0.6 is 0 Å². The maximum Gasteiger partial charge on any atom is 0.343 e. The summed E-state index contributed by atoms with van der Waals surface area (Å²) < 4.78 is 6.95. The van der Waals surface area contributed by atoms with Crippen molar-refractivity contribution in [2.24, 2.45) is 0 Å². The van der Waals surface area contributed by atoms with Gasteiger partial charge in [0.2, 0.25) is 0 Å². The van der Waals surface area contributed by atoms with Crippen LogP contribution in [0.4, 0.5) is 0 Å². The van der Waals surface area contributed by atoms with Gasteiger partial charge in [-0.1, -0.05) is 54.6 Å². The molecule has 2 N–H and O–H groups in total. The van der Waals surface area contributed by atoms with Crippen LogP contribution in [0.2, 0.25) is 0 Å². The Balaban J connectivity index is 0.000000181. The van der Waals surface area contributed by atoms with E-state index in [1.807, 2.05) is 63.2 Å². The second-order valence-electron chi connectivity index (χ2n) is 13.0. The highest BCUT2D eigenvalue weighted by Gasteiger charge is 2.25. The van der Waals surface area contributed by atoms with Crippen LogP contribution in [0.15, 0.2) is 59.5 Å². The summed E-state index contributed by atoms with van der Waals surface area (Å²) in [6, 6.07) is 14.5.